The number of rotatable bonds is 12. The second kappa shape index (κ2) is 12.7. The Kier molecular flexibility index (Phi) is 10.5. The van der Waals surface area contributed by atoms with E-state index in [0.29, 0.717) is 12.8 Å². The number of ether oxygens (including phenoxy) is 3. The van der Waals surface area contributed by atoms with Crippen molar-refractivity contribution in [3.8, 4) is 0 Å². The minimum atomic E-state index is -1.23. The lowest BCUT2D eigenvalue weighted by Crippen LogP contribution is -2.55. The van der Waals surface area contributed by atoms with Crippen molar-refractivity contribution in [2.45, 2.75) is 85.7 Å². The van der Waals surface area contributed by atoms with E-state index in [1.165, 1.54) is 13.8 Å². The minimum Gasteiger partial charge on any atom is -0.481 e. The van der Waals surface area contributed by atoms with E-state index in [1.54, 1.807) is 0 Å². The summed E-state index contributed by atoms with van der Waals surface area (Å²) in [7, 11) is 0. The van der Waals surface area contributed by atoms with Crippen molar-refractivity contribution in [3.05, 3.63) is 11.6 Å². The van der Waals surface area contributed by atoms with Gasteiger partial charge in [0.15, 0.2) is 0 Å². The number of carbonyl (C=O) groups excluding carboxylic acids is 3. The first kappa shape index (κ1) is 29.8. The van der Waals surface area contributed by atoms with E-state index in [9.17, 15) is 24.3 Å². The zero-order chi connectivity index (χ0) is 27.1. The molecular formula is C27H42O9. The molecule has 0 radical (unpaired) electrons. The lowest BCUT2D eigenvalue weighted by atomic mass is 9.46. The van der Waals surface area contributed by atoms with Gasteiger partial charge in [-0.05, 0) is 72.7 Å². The number of fused-ring (bicyclic) bond motifs is 1. The van der Waals surface area contributed by atoms with Gasteiger partial charge in [-0.1, -0.05) is 26.8 Å². The summed E-state index contributed by atoms with van der Waals surface area (Å²) in [6.45, 7) is 9.65. The molecule has 0 aromatic heterocycles. The van der Waals surface area contributed by atoms with Gasteiger partial charge in [-0.2, -0.15) is 0 Å². The van der Waals surface area contributed by atoms with Crippen LogP contribution in [0.25, 0.3) is 0 Å². The maximum absolute atomic E-state index is 11.9. The molecule has 1 fully saturated rings. The molecule has 0 aromatic carbocycles. The van der Waals surface area contributed by atoms with Crippen LogP contribution in [0.2, 0.25) is 0 Å². The summed E-state index contributed by atoms with van der Waals surface area (Å²) in [5.74, 6) is -2.46. The van der Waals surface area contributed by atoms with Gasteiger partial charge in [0.2, 0.25) is 0 Å². The Labute approximate surface area is 213 Å². The van der Waals surface area contributed by atoms with Crippen molar-refractivity contribution in [1.82, 2.24) is 0 Å². The quantitative estimate of drug-likeness (QED) is 0.174. The predicted molar refractivity (Wildman–Crippen MR) is 131 cm³/mol. The lowest BCUT2D eigenvalue weighted by Gasteiger charge is -2.60. The van der Waals surface area contributed by atoms with Gasteiger partial charge in [0.05, 0.1) is 19.3 Å². The highest BCUT2D eigenvalue weighted by molar-refractivity contribution is 5.90. The van der Waals surface area contributed by atoms with Crippen molar-refractivity contribution in [3.63, 3.8) is 0 Å². The monoisotopic (exact) mass is 510 g/mol. The summed E-state index contributed by atoms with van der Waals surface area (Å²) in [5.41, 5.74) is 0.291. The number of carboxylic acid groups (broad SMARTS) is 1. The first-order valence-electron chi connectivity index (χ1n) is 12.8. The summed E-state index contributed by atoms with van der Waals surface area (Å²) in [6.07, 6.45) is 5.21. The van der Waals surface area contributed by atoms with Crippen molar-refractivity contribution in [2.75, 3.05) is 19.8 Å². The van der Waals surface area contributed by atoms with Gasteiger partial charge < -0.3 is 24.4 Å². The summed E-state index contributed by atoms with van der Waals surface area (Å²) in [6, 6.07) is 0. The van der Waals surface area contributed by atoms with E-state index in [0.717, 1.165) is 31.3 Å². The maximum atomic E-state index is 11.9. The number of esters is 3. The third-order valence-corrected chi connectivity index (χ3v) is 8.52. The van der Waals surface area contributed by atoms with Crippen molar-refractivity contribution in [2.24, 2.45) is 28.6 Å². The molecule has 6 atom stereocenters. The topological polar surface area (TPSA) is 136 Å². The van der Waals surface area contributed by atoms with Gasteiger partial charge in [0, 0.05) is 13.8 Å². The van der Waals surface area contributed by atoms with Gasteiger partial charge >= 0.3 is 23.9 Å². The molecular weight excluding hydrogens is 468 g/mol. The number of carboxylic acids is 1. The number of hydrogen-bond donors (Lipinski definition) is 2. The van der Waals surface area contributed by atoms with Gasteiger partial charge in [-0.3, -0.25) is 19.2 Å². The van der Waals surface area contributed by atoms with Crippen LogP contribution in [0.15, 0.2) is 11.6 Å². The Hall–Kier alpha value is -2.42. The molecule has 0 saturated heterocycles. The Morgan fingerprint density at radius 2 is 1.75 bits per heavy atom. The molecule has 6 unspecified atom stereocenters. The summed E-state index contributed by atoms with van der Waals surface area (Å²) in [5, 5.41) is 20.0. The fraction of sp³-hybridized carbons (Fsp3) is 0.778. The maximum Gasteiger partial charge on any atom is 0.317 e. The fourth-order valence-electron chi connectivity index (χ4n) is 6.29. The molecule has 1 saturated carbocycles. The summed E-state index contributed by atoms with van der Waals surface area (Å²) in [4.78, 5) is 45.3. The van der Waals surface area contributed by atoms with Crippen LogP contribution in [0, 0.1) is 28.6 Å². The normalized spacial score (nSPS) is 30.4. The average molecular weight is 511 g/mol. The Balaban J connectivity index is 2.19. The largest absolute Gasteiger partial charge is 0.481 e. The summed E-state index contributed by atoms with van der Waals surface area (Å²) >= 11 is 0. The number of aliphatic carboxylic acids is 1. The van der Waals surface area contributed by atoms with Crippen LogP contribution in [-0.4, -0.2) is 60.0 Å². The molecule has 9 heteroatoms. The van der Waals surface area contributed by atoms with Crippen LogP contribution in [-0.2, 0) is 33.4 Å². The van der Waals surface area contributed by atoms with Gasteiger partial charge in [0.1, 0.15) is 13.0 Å². The van der Waals surface area contributed by atoms with Crippen LogP contribution >= 0.6 is 0 Å². The first-order valence-corrected chi connectivity index (χ1v) is 12.8. The number of hydrogen-bond acceptors (Lipinski definition) is 8. The second-order valence-corrected chi connectivity index (χ2v) is 10.9. The molecule has 2 aliphatic carbocycles. The Morgan fingerprint density at radius 3 is 2.36 bits per heavy atom. The predicted octanol–water partition coefficient (Wildman–Crippen LogP) is 3.67. The molecule has 0 amide bonds. The van der Waals surface area contributed by atoms with Crippen LogP contribution < -0.4 is 0 Å². The van der Waals surface area contributed by atoms with E-state index >= 15 is 0 Å². The Bertz CT molecular complexity index is 850. The molecule has 0 aromatic rings. The van der Waals surface area contributed by atoms with Crippen molar-refractivity contribution >= 4 is 23.9 Å². The number of aliphatic hydroxyl groups excluding tert-OH is 1. The van der Waals surface area contributed by atoms with Gasteiger partial charge in [0.25, 0.3) is 0 Å². The van der Waals surface area contributed by atoms with Gasteiger partial charge in [-0.25, -0.2) is 0 Å². The van der Waals surface area contributed by atoms with Crippen molar-refractivity contribution < 1.29 is 43.6 Å². The molecule has 0 heterocycles. The van der Waals surface area contributed by atoms with Crippen LogP contribution in [0.1, 0.15) is 79.6 Å². The van der Waals surface area contributed by atoms with E-state index in [1.807, 2.05) is 0 Å². The zero-order valence-electron chi connectivity index (χ0n) is 22.2. The Morgan fingerprint density at radius 1 is 1.08 bits per heavy atom. The minimum absolute atomic E-state index is 0.0122. The molecule has 9 nitrogen and oxygen atoms in total. The van der Waals surface area contributed by atoms with E-state index in [2.05, 4.69) is 26.8 Å². The molecule has 36 heavy (non-hydrogen) atoms. The van der Waals surface area contributed by atoms with Crippen LogP contribution in [0.3, 0.4) is 0 Å². The van der Waals surface area contributed by atoms with Crippen LogP contribution in [0.4, 0.5) is 0 Å². The van der Waals surface area contributed by atoms with Crippen LogP contribution in [0.5, 0.6) is 0 Å². The zero-order valence-corrected chi connectivity index (χ0v) is 22.2. The fourth-order valence-corrected chi connectivity index (χ4v) is 6.29. The number of aliphatic hydroxyl groups is 1. The van der Waals surface area contributed by atoms with E-state index < -0.39 is 29.9 Å². The molecule has 204 valence electrons. The average Bonchev–Trinajstić information content (AvgIpc) is 2.77. The van der Waals surface area contributed by atoms with Gasteiger partial charge in [-0.15, -0.1) is 0 Å². The number of allylic oxidation sites excluding steroid dienone is 1. The SMILES string of the molecule is CC(=O)OCCC(CCC1(C)C(C)C(O)CC2(C)C(COC(=O)CC(=O)O)=CCCC21)COC(C)=O. The molecule has 0 bridgehead atoms. The van der Waals surface area contributed by atoms with E-state index in [-0.39, 0.29) is 54.9 Å². The highest BCUT2D eigenvalue weighted by Crippen LogP contribution is 2.62. The molecule has 2 aliphatic rings. The standard InChI is InChI=1S/C27H42O9/c1-17-22(30)14-27(5)21(16-36-25(33)13-24(31)32)7-6-8-23(27)26(17,4)11-9-20(15-35-19(3)29)10-12-34-18(2)28/h7,17,20,22-23,30H,6,8-16H2,1-5H3,(H,31,32). The third kappa shape index (κ3) is 7.54. The lowest BCUT2D eigenvalue weighted by molar-refractivity contribution is -0.152. The number of carbonyl (C=O) groups is 4. The molecule has 2 N–H and O–H groups in total. The highest BCUT2D eigenvalue weighted by atomic mass is 16.5. The van der Waals surface area contributed by atoms with Crippen molar-refractivity contribution in [1.29, 1.82) is 0 Å². The second-order valence-electron chi connectivity index (χ2n) is 10.9. The highest BCUT2D eigenvalue weighted by Gasteiger charge is 2.57. The van der Waals surface area contributed by atoms with E-state index in [4.69, 9.17) is 19.3 Å². The molecule has 0 spiro atoms. The summed E-state index contributed by atoms with van der Waals surface area (Å²) < 4.78 is 15.7. The molecule has 0 aliphatic heterocycles. The first-order chi connectivity index (χ1) is 16.8. The molecule has 2 rings (SSSR count). The smallest absolute Gasteiger partial charge is 0.317 e. The third-order valence-electron chi connectivity index (χ3n) is 8.52.